The quantitative estimate of drug-likeness (QED) is 0.683. The van der Waals surface area contributed by atoms with Gasteiger partial charge in [0.15, 0.2) is 0 Å². The van der Waals surface area contributed by atoms with Crippen LogP contribution < -0.4 is 10.0 Å². The number of aryl methyl sites for hydroxylation is 1. The maximum atomic E-state index is 12.5. The first-order chi connectivity index (χ1) is 12.8. The number of imidazole rings is 1. The summed E-state index contributed by atoms with van der Waals surface area (Å²) >= 11 is 0. The van der Waals surface area contributed by atoms with E-state index in [2.05, 4.69) is 15.0 Å². The molecule has 1 heterocycles. The van der Waals surface area contributed by atoms with E-state index in [1.54, 1.807) is 24.4 Å². The highest BCUT2D eigenvalue weighted by molar-refractivity contribution is 7.92. The van der Waals surface area contributed by atoms with Crippen molar-refractivity contribution < 1.29 is 13.2 Å². The molecule has 0 fully saturated rings. The number of para-hydroxylation sites is 1. The fourth-order valence-electron chi connectivity index (χ4n) is 2.74. The zero-order chi connectivity index (χ0) is 19.4. The van der Waals surface area contributed by atoms with Crippen LogP contribution in [0.2, 0.25) is 0 Å². The van der Waals surface area contributed by atoms with Gasteiger partial charge < -0.3 is 9.88 Å². The Balaban J connectivity index is 1.76. The van der Waals surface area contributed by atoms with Gasteiger partial charge >= 0.3 is 0 Å². The fourth-order valence-corrected chi connectivity index (χ4v) is 3.30. The molecule has 0 radical (unpaired) electrons. The summed E-state index contributed by atoms with van der Waals surface area (Å²) < 4.78 is 27.0. The molecular formula is C19H20N4O3S. The topological polar surface area (TPSA) is 93.1 Å². The second-order valence-corrected chi connectivity index (χ2v) is 7.86. The van der Waals surface area contributed by atoms with Crippen LogP contribution in [-0.2, 0) is 16.6 Å². The van der Waals surface area contributed by atoms with Crippen molar-refractivity contribution in [3.8, 4) is 5.69 Å². The number of nitrogens with one attached hydrogen (secondary N) is 2. The SMILES string of the molecule is Cc1nccn1-c1ccccc1CNC(=O)c1cccc(NS(C)(=O)=O)c1. The molecule has 3 rings (SSSR count). The van der Waals surface area contributed by atoms with Crippen molar-refractivity contribution in [1.82, 2.24) is 14.9 Å². The zero-order valence-electron chi connectivity index (χ0n) is 15.0. The Morgan fingerprint density at radius 3 is 2.63 bits per heavy atom. The van der Waals surface area contributed by atoms with Crippen molar-refractivity contribution in [2.45, 2.75) is 13.5 Å². The van der Waals surface area contributed by atoms with Gasteiger partial charge in [0.25, 0.3) is 5.91 Å². The number of hydrogen-bond acceptors (Lipinski definition) is 4. The van der Waals surface area contributed by atoms with E-state index in [4.69, 9.17) is 0 Å². The second-order valence-electron chi connectivity index (χ2n) is 6.11. The van der Waals surface area contributed by atoms with Gasteiger partial charge in [-0.3, -0.25) is 9.52 Å². The molecule has 1 amide bonds. The van der Waals surface area contributed by atoms with Crippen molar-refractivity contribution in [2.75, 3.05) is 11.0 Å². The molecule has 0 aliphatic heterocycles. The number of amides is 1. The van der Waals surface area contributed by atoms with Crippen molar-refractivity contribution in [3.05, 3.63) is 77.9 Å². The third-order valence-electron chi connectivity index (χ3n) is 3.94. The van der Waals surface area contributed by atoms with E-state index in [-0.39, 0.29) is 5.91 Å². The normalized spacial score (nSPS) is 11.2. The predicted molar refractivity (Wildman–Crippen MR) is 104 cm³/mol. The minimum absolute atomic E-state index is 0.288. The Kier molecular flexibility index (Phi) is 5.27. The molecule has 0 spiro atoms. The van der Waals surface area contributed by atoms with Crippen LogP contribution in [-0.4, -0.2) is 30.1 Å². The lowest BCUT2D eigenvalue weighted by Crippen LogP contribution is -2.23. The lowest BCUT2D eigenvalue weighted by atomic mass is 10.1. The van der Waals surface area contributed by atoms with Crippen molar-refractivity contribution in [1.29, 1.82) is 0 Å². The van der Waals surface area contributed by atoms with Gasteiger partial charge in [-0.1, -0.05) is 24.3 Å². The number of benzene rings is 2. The summed E-state index contributed by atoms with van der Waals surface area (Å²) in [7, 11) is -3.40. The zero-order valence-corrected chi connectivity index (χ0v) is 15.8. The minimum Gasteiger partial charge on any atom is -0.348 e. The Morgan fingerprint density at radius 2 is 1.93 bits per heavy atom. The number of aromatic nitrogens is 2. The standard InChI is InChI=1S/C19H20N4O3S/c1-14-20-10-11-23(14)18-9-4-3-6-16(18)13-21-19(24)15-7-5-8-17(12-15)22-27(2,25)26/h3-12,22H,13H2,1-2H3,(H,21,24). The number of rotatable bonds is 6. The van der Waals surface area contributed by atoms with Crippen molar-refractivity contribution in [3.63, 3.8) is 0 Å². The molecule has 27 heavy (non-hydrogen) atoms. The van der Waals surface area contributed by atoms with E-state index in [1.165, 1.54) is 6.07 Å². The average Bonchev–Trinajstić information content (AvgIpc) is 3.04. The van der Waals surface area contributed by atoms with Gasteiger partial charge in [0.05, 0.1) is 11.9 Å². The molecule has 3 aromatic rings. The van der Waals surface area contributed by atoms with Gasteiger partial charge in [0.1, 0.15) is 5.82 Å². The fraction of sp³-hybridized carbons (Fsp3) is 0.158. The molecule has 2 N–H and O–H groups in total. The number of hydrogen-bond donors (Lipinski definition) is 2. The van der Waals surface area contributed by atoms with Crippen LogP contribution in [0.15, 0.2) is 60.9 Å². The Bertz CT molecular complexity index is 1070. The summed E-state index contributed by atoms with van der Waals surface area (Å²) in [5.41, 5.74) is 2.61. The minimum atomic E-state index is -3.40. The van der Waals surface area contributed by atoms with E-state index in [1.807, 2.05) is 42.0 Å². The van der Waals surface area contributed by atoms with Gasteiger partial charge in [-0.25, -0.2) is 13.4 Å². The van der Waals surface area contributed by atoms with E-state index >= 15 is 0 Å². The van der Waals surface area contributed by atoms with E-state index in [0.717, 1.165) is 23.3 Å². The first kappa shape index (κ1) is 18.7. The molecule has 0 aliphatic rings. The van der Waals surface area contributed by atoms with Crippen LogP contribution in [0.5, 0.6) is 0 Å². The maximum absolute atomic E-state index is 12.5. The molecular weight excluding hydrogens is 364 g/mol. The summed E-state index contributed by atoms with van der Waals surface area (Å²) in [4.78, 5) is 16.7. The van der Waals surface area contributed by atoms with Crippen LogP contribution in [0.1, 0.15) is 21.7 Å². The molecule has 1 aromatic heterocycles. The molecule has 0 unspecified atom stereocenters. The molecule has 0 bridgehead atoms. The Morgan fingerprint density at radius 1 is 1.15 bits per heavy atom. The molecule has 8 heteroatoms. The molecule has 0 aliphatic carbocycles. The number of carbonyl (C=O) groups excluding carboxylic acids is 1. The average molecular weight is 384 g/mol. The molecule has 0 atom stereocenters. The van der Waals surface area contributed by atoms with Crippen LogP contribution in [0.3, 0.4) is 0 Å². The van der Waals surface area contributed by atoms with Gasteiger partial charge in [-0.2, -0.15) is 0 Å². The number of carbonyl (C=O) groups is 1. The first-order valence-corrected chi connectivity index (χ1v) is 10.2. The Labute approximate surface area is 158 Å². The highest BCUT2D eigenvalue weighted by Gasteiger charge is 2.11. The van der Waals surface area contributed by atoms with Crippen molar-refractivity contribution in [2.24, 2.45) is 0 Å². The number of anilines is 1. The molecule has 2 aromatic carbocycles. The van der Waals surface area contributed by atoms with Gasteiger partial charge in [0, 0.05) is 30.2 Å². The van der Waals surface area contributed by atoms with E-state index in [9.17, 15) is 13.2 Å². The van der Waals surface area contributed by atoms with Crippen LogP contribution in [0, 0.1) is 6.92 Å². The van der Waals surface area contributed by atoms with E-state index < -0.39 is 10.0 Å². The maximum Gasteiger partial charge on any atom is 0.251 e. The molecule has 0 saturated carbocycles. The second kappa shape index (κ2) is 7.63. The third kappa shape index (κ3) is 4.73. The van der Waals surface area contributed by atoms with E-state index in [0.29, 0.717) is 17.8 Å². The molecule has 140 valence electrons. The van der Waals surface area contributed by atoms with Gasteiger partial charge in [-0.15, -0.1) is 0 Å². The summed E-state index contributed by atoms with van der Waals surface area (Å²) in [6.07, 6.45) is 4.66. The smallest absolute Gasteiger partial charge is 0.251 e. The van der Waals surface area contributed by atoms with Crippen molar-refractivity contribution >= 4 is 21.6 Å². The summed E-state index contributed by atoms with van der Waals surface area (Å²) in [5, 5.41) is 2.88. The van der Waals surface area contributed by atoms with Crippen LogP contribution in [0.4, 0.5) is 5.69 Å². The van der Waals surface area contributed by atoms with Gasteiger partial charge in [0.2, 0.25) is 10.0 Å². The lowest BCUT2D eigenvalue weighted by molar-refractivity contribution is 0.0951. The Hall–Kier alpha value is -3.13. The van der Waals surface area contributed by atoms with Gasteiger partial charge in [-0.05, 0) is 36.8 Å². The lowest BCUT2D eigenvalue weighted by Gasteiger charge is -2.13. The highest BCUT2D eigenvalue weighted by Crippen LogP contribution is 2.17. The largest absolute Gasteiger partial charge is 0.348 e. The predicted octanol–water partition coefficient (Wildman–Crippen LogP) is 2.48. The van der Waals surface area contributed by atoms with Crippen LogP contribution >= 0.6 is 0 Å². The number of sulfonamides is 1. The number of nitrogens with zero attached hydrogens (tertiary/aromatic N) is 2. The summed E-state index contributed by atoms with van der Waals surface area (Å²) in [6.45, 7) is 2.24. The first-order valence-electron chi connectivity index (χ1n) is 8.28. The molecule has 7 nitrogen and oxygen atoms in total. The summed E-state index contributed by atoms with van der Waals surface area (Å²) in [6, 6.07) is 14.1. The monoisotopic (exact) mass is 384 g/mol. The molecule has 0 saturated heterocycles. The third-order valence-corrected chi connectivity index (χ3v) is 4.55. The highest BCUT2D eigenvalue weighted by atomic mass is 32.2. The van der Waals surface area contributed by atoms with Crippen LogP contribution in [0.25, 0.3) is 5.69 Å². The summed E-state index contributed by atoms with van der Waals surface area (Å²) in [5.74, 6) is 0.567.